The van der Waals surface area contributed by atoms with E-state index in [0.29, 0.717) is 17.5 Å². The number of fused-ring (bicyclic) bond motifs is 2. The minimum absolute atomic E-state index is 0.0824. The molecule has 5 rings (SSSR count). The fourth-order valence-electron chi connectivity index (χ4n) is 6.87. The van der Waals surface area contributed by atoms with Crippen LogP contribution in [0.15, 0.2) is 36.4 Å². The van der Waals surface area contributed by atoms with Crippen LogP contribution in [0.25, 0.3) is 10.1 Å². The summed E-state index contributed by atoms with van der Waals surface area (Å²) in [4.78, 5) is 35.0. The number of aromatic nitrogens is 1. The molecular weight excluding hydrogens is 606 g/mol. The summed E-state index contributed by atoms with van der Waals surface area (Å²) in [6.45, 7) is 19.7. The maximum atomic E-state index is 13.5. The third-order valence-electron chi connectivity index (χ3n) is 8.89. The van der Waals surface area contributed by atoms with Crippen LogP contribution in [-0.4, -0.2) is 77.2 Å². The molecule has 0 spiro atoms. The van der Waals surface area contributed by atoms with Crippen LogP contribution in [0.3, 0.4) is 0 Å². The Kier molecular flexibility index (Phi) is 10.3. The van der Waals surface area contributed by atoms with Crippen molar-refractivity contribution < 1.29 is 14.3 Å². The number of halogens is 1. The molecule has 0 bridgehead atoms. The largest absolute Gasteiger partial charge is 0.425 e. The number of hydrogen-bond donors (Lipinski definition) is 0. The Bertz CT molecular complexity index is 1510. The number of piperazine rings is 1. The number of carbonyl (C=O) groups excluding carboxylic acids is 2. The second-order valence-electron chi connectivity index (χ2n) is 14.0. The number of benzene rings is 2. The molecule has 3 heterocycles. The van der Waals surface area contributed by atoms with Crippen LogP contribution in [0, 0.1) is 11.8 Å². The molecule has 2 aromatic carbocycles. The molecule has 0 saturated carbocycles. The molecule has 8 nitrogen and oxygen atoms in total. The molecule has 1 saturated heterocycles. The maximum Gasteiger partial charge on any atom is 0.412 e. The van der Waals surface area contributed by atoms with Crippen molar-refractivity contribution in [1.82, 2.24) is 14.2 Å². The zero-order valence-corrected chi connectivity index (χ0v) is 29.4. The summed E-state index contributed by atoms with van der Waals surface area (Å²) >= 11 is 8.39. The molecule has 0 aliphatic carbocycles. The molecule has 0 N–H and O–H groups in total. The van der Waals surface area contributed by atoms with Gasteiger partial charge >= 0.3 is 6.09 Å². The van der Waals surface area contributed by atoms with Crippen molar-refractivity contribution >= 4 is 56.7 Å². The van der Waals surface area contributed by atoms with E-state index in [2.05, 4.69) is 81.7 Å². The van der Waals surface area contributed by atoms with Crippen molar-refractivity contribution in [3.05, 3.63) is 52.5 Å². The van der Waals surface area contributed by atoms with Crippen molar-refractivity contribution in [1.29, 1.82) is 0 Å². The van der Waals surface area contributed by atoms with Gasteiger partial charge < -0.3 is 14.5 Å². The zero-order chi connectivity index (χ0) is 32.5. The fourth-order valence-corrected chi connectivity index (χ4v) is 7.91. The fraction of sp³-hybridized carbons (Fsp3) is 0.571. The Morgan fingerprint density at radius 1 is 1.07 bits per heavy atom. The number of anilines is 2. The Balaban J connectivity index is 1.20. The van der Waals surface area contributed by atoms with Crippen LogP contribution in [0.4, 0.5) is 16.3 Å². The Labute approximate surface area is 277 Å². The van der Waals surface area contributed by atoms with E-state index in [1.54, 1.807) is 23.4 Å². The van der Waals surface area contributed by atoms with E-state index in [4.69, 9.17) is 20.7 Å². The summed E-state index contributed by atoms with van der Waals surface area (Å²) in [7, 11) is 0. The third-order valence-corrected chi connectivity index (χ3v) is 10.1. The second-order valence-corrected chi connectivity index (χ2v) is 15.2. The predicted molar refractivity (Wildman–Crippen MR) is 186 cm³/mol. The molecular formula is C35H48ClN5O3S. The number of nitrogens with zero attached hydrogens (tertiary/aromatic N) is 5. The third kappa shape index (κ3) is 7.58. The lowest BCUT2D eigenvalue weighted by molar-refractivity contribution is -0.119. The minimum atomic E-state index is -0.746. The average Bonchev–Trinajstić information content (AvgIpc) is 3.54. The molecule has 2 aliphatic heterocycles. The molecule has 244 valence electrons. The van der Waals surface area contributed by atoms with Crippen molar-refractivity contribution in [3.63, 3.8) is 0 Å². The molecule has 1 aromatic heterocycles. The number of rotatable bonds is 11. The molecule has 45 heavy (non-hydrogen) atoms. The van der Waals surface area contributed by atoms with E-state index in [-0.39, 0.29) is 23.8 Å². The maximum absolute atomic E-state index is 13.5. The first-order chi connectivity index (χ1) is 21.3. The molecule has 3 aromatic rings. The van der Waals surface area contributed by atoms with Crippen molar-refractivity contribution in [2.24, 2.45) is 11.8 Å². The lowest BCUT2D eigenvalue weighted by Gasteiger charge is -2.41. The highest BCUT2D eigenvalue weighted by molar-refractivity contribution is 7.13. The van der Waals surface area contributed by atoms with Gasteiger partial charge in [-0.05, 0) is 86.3 Å². The number of ether oxygens (including phenoxy) is 1. The lowest BCUT2D eigenvalue weighted by Crippen LogP contribution is -2.52. The van der Waals surface area contributed by atoms with Gasteiger partial charge in [0, 0.05) is 55.2 Å². The van der Waals surface area contributed by atoms with E-state index >= 15 is 0 Å². The predicted octanol–water partition coefficient (Wildman–Crippen LogP) is 7.47. The molecule has 1 atom stereocenters. The second kappa shape index (κ2) is 13.9. The van der Waals surface area contributed by atoms with Gasteiger partial charge in [-0.25, -0.2) is 4.79 Å². The van der Waals surface area contributed by atoms with Gasteiger partial charge in [-0.15, -0.1) is 0 Å². The SMILES string of the molecule is CC(C)CN(C(=O)OC(C)N1C(=O)Cc2cc(CCN3CCN(c4nsc5ccccc45)CC3)c(Cl)cc21)C(C)(C)CC(C)C. The highest BCUT2D eigenvalue weighted by Gasteiger charge is 2.38. The van der Waals surface area contributed by atoms with E-state index in [1.807, 2.05) is 11.0 Å². The first kappa shape index (κ1) is 33.5. The van der Waals surface area contributed by atoms with Crippen molar-refractivity contribution in [3.8, 4) is 0 Å². The summed E-state index contributed by atoms with van der Waals surface area (Å²) in [5.74, 6) is 1.73. The van der Waals surface area contributed by atoms with Crippen molar-refractivity contribution in [2.75, 3.05) is 49.1 Å². The summed E-state index contributed by atoms with van der Waals surface area (Å²) < 4.78 is 11.9. The van der Waals surface area contributed by atoms with Crippen LogP contribution >= 0.6 is 23.1 Å². The Morgan fingerprint density at radius 2 is 1.78 bits per heavy atom. The molecule has 2 aliphatic rings. The Morgan fingerprint density at radius 3 is 2.47 bits per heavy atom. The Hall–Kier alpha value is -2.88. The first-order valence-electron chi connectivity index (χ1n) is 16.3. The van der Waals surface area contributed by atoms with Crippen LogP contribution in [0.5, 0.6) is 0 Å². The van der Waals surface area contributed by atoms with Gasteiger partial charge in [-0.1, -0.05) is 57.5 Å². The molecule has 10 heteroatoms. The smallest absolute Gasteiger partial charge is 0.412 e. The standard InChI is InChI=1S/C35H48ClN5O3S/c1-23(2)21-35(6,7)40(22-24(3)4)34(43)44-25(5)41-30-20-29(36)26(18-27(30)19-32(41)42)12-13-38-14-16-39(17-15-38)33-28-10-8-9-11-31(28)45-37-33/h8-11,18,20,23-25H,12-17,19,21-22H2,1-7H3. The van der Waals surface area contributed by atoms with Gasteiger partial charge in [0.1, 0.15) is 5.82 Å². The van der Waals surface area contributed by atoms with Crippen LogP contribution in [-0.2, 0) is 22.4 Å². The summed E-state index contributed by atoms with van der Waals surface area (Å²) in [6, 6.07) is 12.4. The van der Waals surface area contributed by atoms with Gasteiger partial charge in [0.2, 0.25) is 5.91 Å². The van der Waals surface area contributed by atoms with E-state index in [9.17, 15) is 9.59 Å². The summed E-state index contributed by atoms with van der Waals surface area (Å²) in [5.41, 5.74) is 2.33. The highest BCUT2D eigenvalue weighted by Crippen LogP contribution is 2.36. The van der Waals surface area contributed by atoms with Gasteiger partial charge in [0.05, 0.1) is 16.8 Å². The van der Waals surface area contributed by atoms with Crippen LogP contribution in [0.1, 0.15) is 66.0 Å². The monoisotopic (exact) mass is 653 g/mol. The first-order valence-corrected chi connectivity index (χ1v) is 17.4. The van der Waals surface area contributed by atoms with Crippen molar-refractivity contribution in [2.45, 2.75) is 79.5 Å². The van der Waals surface area contributed by atoms with Crippen LogP contribution < -0.4 is 9.80 Å². The topological polar surface area (TPSA) is 69.2 Å². The number of amides is 2. The summed E-state index contributed by atoms with van der Waals surface area (Å²) in [5, 5.41) is 1.87. The molecule has 1 fully saturated rings. The van der Waals surface area contributed by atoms with E-state index in [1.165, 1.54) is 10.1 Å². The average molecular weight is 654 g/mol. The van der Waals surface area contributed by atoms with Gasteiger partial charge in [0.25, 0.3) is 0 Å². The van der Waals surface area contributed by atoms with Gasteiger partial charge in [0.15, 0.2) is 6.23 Å². The summed E-state index contributed by atoms with van der Waals surface area (Å²) in [6.07, 6.45) is 0.791. The van der Waals surface area contributed by atoms with Gasteiger partial charge in [-0.3, -0.25) is 14.6 Å². The molecule has 1 unspecified atom stereocenters. The quantitative estimate of drug-likeness (QED) is 0.214. The lowest BCUT2D eigenvalue weighted by atomic mass is 9.90. The normalized spacial score (nSPS) is 16.6. The van der Waals surface area contributed by atoms with E-state index < -0.39 is 12.3 Å². The van der Waals surface area contributed by atoms with Gasteiger partial charge in [-0.2, -0.15) is 4.37 Å². The number of hydrogen-bond acceptors (Lipinski definition) is 7. The van der Waals surface area contributed by atoms with Crippen LogP contribution in [0.2, 0.25) is 5.02 Å². The highest BCUT2D eigenvalue weighted by atomic mass is 35.5. The number of carbonyl (C=O) groups is 2. The minimum Gasteiger partial charge on any atom is -0.425 e. The zero-order valence-electron chi connectivity index (χ0n) is 27.8. The molecule has 2 amide bonds. The van der Waals surface area contributed by atoms with E-state index in [0.717, 1.165) is 68.2 Å². The molecule has 0 radical (unpaired) electrons.